The normalized spacial score (nSPS) is 16.1. The molecular formula is C20H19FN4O3. The highest BCUT2D eigenvalue weighted by Gasteiger charge is 2.37. The Morgan fingerprint density at radius 2 is 2.14 bits per heavy atom. The highest BCUT2D eigenvalue weighted by atomic mass is 19.1. The van der Waals surface area contributed by atoms with Crippen molar-refractivity contribution in [3.63, 3.8) is 0 Å². The minimum absolute atomic E-state index is 0.149. The Hall–Kier alpha value is -3.42. The predicted molar refractivity (Wildman–Crippen MR) is 99.9 cm³/mol. The summed E-state index contributed by atoms with van der Waals surface area (Å²) in [5, 5.41) is 0.895. The smallest absolute Gasteiger partial charge is 0.329 e. The maximum absolute atomic E-state index is 13.7. The second kappa shape index (κ2) is 6.95. The van der Waals surface area contributed by atoms with Crippen molar-refractivity contribution in [2.24, 2.45) is 5.73 Å². The highest BCUT2D eigenvalue weighted by Crippen LogP contribution is 2.33. The van der Waals surface area contributed by atoms with Crippen molar-refractivity contribution in [3.05, 3.63) is 65.2 Å². The highest BCUT2D eigenvalue weighted by molar-refractivity contribution is 5.88. The third-order valence-corrected chi connectivity index (χ3v) is 5.12. The van der Waals surface area contributed by atoms with E-state index in [1.165, 1.54) is 24.1 Å². The third-order valence-electron chi connectivity index (χ3n) is 5.12. The molecule has 0 fully saturated rings. The molecule has 3 aromatic rings. The number of carbonyl (C=O) groups is 2. The van der Waals surface area contributed by atoms with Crippen molar-refractivity contribution in [3.8, 4) is 0 Å². The number of ether oxygens (including phenoxy) is 1. The van der Waals surface area contributed by atoms with Crippen LogP contribution in [-0.2, 0) is 29.0 Å². The number of primary amides is 1. The van der Waals surface area contributed by atoms with Crippen LogP contribution in [-0.4, -0.2) is 39.6 Å². The van der Waals surface area contributed by atoms with Crippen LogP contribution in [0.2, 0.25) is 0 Å². The first kappa shape index (κ1) is 18.0. The van der Waals surface area contributed by atoms with Gasteiger partial charge in [0, 0.05) is 30.2 Å². The molecule has 2 N–H and O–H groups in total. The van der Waals surface area contributed by atoms with E-state index in [4.69, 9.17) is 10.5 Å². The summed E-state index contributed by atoms with van der Waals surface area (Å²) in [7, 11) is 1.28. The zero-order valence-corrected chi connectivity index (χ0v) is 15.3. The van der Waals surface area contributed by atoms with Crippen LogP contribution >= 0.6 is 0 Å². The molecule has 2 amide bonds. The lowest BCUT2D eigenvalue weighted by Crippen LogP contribution is -2.51. The Bertz CT molecular complexity index is 1080. The van der Waals surface area contributed by atoms with E-state index in [1.807, 2.05) is 22.8 Å². The summed E-state index contributed by atoms with van der Waals surface area (Å²) in [6.07, 6.45) is 1.96. The summed E-state index contributed by atoms with van der Waals surface area (Å²) in [4.78, 5) is 30.0. The van der Waals surface area contributed by atoms with Gasteiger partial charge in [-0.25, -0.2) is 19.0 Å². The molecule has 4 rings (SSSR count). The van der Waals surface area contributed by atoms with Crippen LogP contribution < -0.4 is 5.73 Å². The van der Waals surface area contributed by atoms with Crippen molar-refractivity contribution < 1.29 is 18.7 Å². The molecule has 0 aliphatic carbocycles. The van der Waals surface area contributed by atoms with Crippen LogP contribution in [0.1, 0.15) is 16.8 Å². The van der Waals surface area contributed by atoms with Crippen LogP contribution in [0.4, 0.5) is 9.18 Å². The van der Waals surface area contributed by atoms with Crippen molar-refractivity contribution in [2.45, 2.75) is 25.6 Å². The van der Waals surface area contributed by atoms with Gasteiger partial charge in [0.15, 0.2) is 0 Å². The average molecular weight is 382 g/mol. The van der Waals surface area contributed by atoms with Crippen molar-refractivity contribution in [2.75, 3.05) is 7.11 Å². The topological polar surface area (TPSA) is 90.5 Å². The lowest BCUT2D eigenvalue weighted by molar-refractivity contribution is -0.146. The van der Waals surface area contributed by atoms with Gasteiger partial charge in [-0.3, -0.25) is 0 Å². The van der Waals surface area contributed by atoms with E-state index < -0.39 is 18.0 Å². The molecule has 1 aliphatic heterocycles. The second-order valence-corrected chi connectivity index (χ2v) is 6.73. The van der Waals surface area contributed by atoms with Crippen LogP contribution in [0.5, 0.6) is 0 Å². The molecule has 1 aliphatic rings. The van der Waals surface area contributed by atoms with Crippen molar-refractivity contribution >= 4 is 23.0 Å². The molecule has 28 heavy (non-hydrogen) atoms. The molecule has 7 nitrogen and oxygen atoms in total. The number of hydrogen-bond donors (Lipinski definition) is 1. The zero-order chi connectivity index (χ0) is 19.8. The number of rotatable bonds is 3. The lowest BCUT2D eigenvalue weighted by atomic mass is 9.97. The molecule has 0 spiro atoms. The number of nitrogens with two attached hydrogens (primary N) is 1. The lowest BCUT2D eigenvalue weighted by Gasteiger charge is -2.33. The number of carbonyl (C=O) groups excluding carboxylic acids is 2. The van der Waals surface area contributed by atoms with Gasteiger partial charge in [-0.2, -0.15) is 0 Å². The molecule has 1 aromatic carbocycles. The van der Waals surface area contributed by atoms with E-state index in [-0.39, 0.29) is 18.8 Å². The maximum atomic E-state index is 13.7. The van der Waals surface area contributed by atoms with Crippen molar-refractivity contribution in [1.29, 1.82) is 0 Å². The van der Waals surface area contributed by atoms with Crippen LogP contribution in [0.3, 0.4) is 0 Å². The van der Waals surface area contributed by atoms with Gasteiger partial charge < -0.3 is 19.9 Å². The second-order valence-electron chi connectivity index (χ2n) is 6.73. The summed E-state index contributed by atoms with van der Waals surface area (Å²) in [5.74, 6) is -0.834. The van der Waals surface area contributed by atoms with Gasteiger partial charge in [-0.05, 0) is 35.4 Å². The number of amides is 2. The number of hydrogen-bond acceptors (Lipinski definition) is 4. The number of methoxy groups -OCH3 is 1. The van der Waals surface area contributed by atoms with Gasteiger partial charge in [-0.15, -0.1) is 0 Å². The Morgan fingerprint density at radius 3 is 2.86 bits per heavy atom. The summed E-state index contributed by atoms with van der Waals surface area (Å²) in [6.45, 7) is 0.534. The standard InChI is InChI=1S/C20H19FN4O3/c1-28-19(26)16-9-15-14-6-3-7-23-18(14)24(17(15)11-25(16)20(22)27)10-12-4-2-5-13(21)8-12/h2-8,16H,9-11H2,1H3,(H2,22,27). The van der Waals surface area contributed by atoms with Crippen LogP contribution in [0, 0.1) is 5.82 Å². The van der Waals surface area contributed by atoms with Gasteiger partial charge in [0.25, 0.3) is 0 Å². The molecule has 1 atom stereocenters. The zero-order valence-electron chi connectivity index (χ0n) is 15.3. The number of fused-ring (bicyclic) bond motifs is 3. The molecule has 8 heteroatoms. The molecule has 0 saturated heterocycles. The molecular weight excluding hydrogens is 363 g/mol. The van der Waals surface area contributed by atoms with Gasteiger partial charge in [0.2, 0.25) is 0 Å². The predicted octanol–water partition coefficient (Wildman–Crippen LogP) is 2.20. The minimum Gasteiger partial charge on any atom is -0.467 e. The van der Waals surface area contributed by atoms with Gasteiger partial charge in [0.05, 0.1) is 13.7 Å². The van der Waals surface area contributed by atoms with E-state index >= 15 is 0 Å². The van der Waals surface area contributed by atoms with E-state index in [0.29, 0.717) is 12.2 Å². The Kier molecular flexibility index (Phi) is 4.46. The van der Waals surface area contributed by atoms with Crippen LogP contribution in [0.15, 0.2) is 42.6 Å². The first-order valence-corrected chi connectivity index (χ1v) is 8.83. The van der Waals surface area contributed by atoms with Gasteiger partial charge in [-0.1, -0.05) is 12.1 Å². The molecule has 144 valence electrons. The van der Waals surface area contributed by atoms with E-state index in [2.05, 4.69) is 4.98 Å². The monoisotopic (exact) mass is 382 g/mol. The number of nitrogens with zero attached hydrogens (tertiary/aromatic N) is 3. The van der Waals surface area contributed by atoms with Gasteiger partial charge >= 0.3 is 12.0 Å². The third kappa shape index (κ3) is 2.96. The average Bonchev–Trinajstić information content (AvgIpc) is 2.99. The molecule has 0 bridgehead atoms. The van der Waals surface area contributed by atoms with E-state index in [0.717, 1.165) is 22.2 Å². The SMILES string of the molecule is COC(=O)C1Cc2c(n(Cc3cccc(F)c3)c3ncccc23)CN1C(N)=O. The Morgan fingerprint density at radius 1 is 1.32 bits per heavy atom. The largest absolute Gasteiger partial charge is 0.467 e. The fourth-order valence-corrected chi connectivity index (χ4v) is 3.84. The number of aromatic nitrogens is 2. The minimum atomic E-state index is -0.788. The number of benzene rings is 1. The Labute approximate surface area is 160 Å². The number of esters is 1. The quantitative estimate of drug-likeness (QED) is 0.703. The van der Waals surface area contributed by atoms with E-state index in [9.17, 15) is 14.0 Å². The first-order chi connectivity index (χ1) is 13.5. The van der Waals surface area contributed by atoms with Crippen molar-refractivity contribution in [1.82, 2.24) is 14.5 Å². The Balaban J connectivity index is 1.86. The number of urea groups is 1. The molecule has 2 aromatic heterocycles. The molecule has 1 unspecified atom stereocenters. The first-order valence-electron chi connectivity index (χ1n) is 8.83. The summed E-state index contributed by atoms with van der Waals surface area (Å²) >= 11 is 0. The molecule has 0 radical (unpaired) electrons. The fourth-order valence-electron chi connectivity index (χ4n) is 3.84. The summed E-state index contributed by atoms with van der Waals surface area (Å²) < 4.78 is 20.5. The van der Waals surface area contributed by atoms with E-state index in [1.54, 1.807) is 12.3 Å². The molecule has 0 saturated carbocycles. The number of halogens is 1. The molecule has 3 heterocycles. The van der Waals surface area contributed by atoms with Crippen LogP contribution in [0.25, 0.3) is 11.0 Å². The fraction of sp³-hybridized carbons (Fsp3) is 0.250. The summed E-state index contributed by atoms with van der Waals surface area (Å²) in [5.41, 5.74) is 8.77. The summed E-state index contributed by atoms with van der Waals surface area (Å²) in [6, 6.07) is 8.60. The maximum Gasteiger partial charge on any atom is 0.329 e. The van der Waals surface area contributed by atoms with Gasteiger partial charge in [0.1, 0.15) is 17.5 Å². The number of pyridine rings is 1.